The van der Waals surface area contributed by atoms with Crippen molar-refractivity contribution in [2.24, 2.45) is 0 Å². The van der Waals surface area contributed by atoms with E-state index in [0.717, 1.165) is 55.1 Å². The summed E-state index contributed by atoms with van der Waals surface area (Å²) in [7, 11) is 0. The summed E-state index contributed by atoms with van der Waals surface area (Å²) in [6.07, 6.45) is 5.37. The number of hydrogen-bond donors (Lipinski definition) is 2. The van der Waals surface area contributed by atoms with Crippen molar-refractivity contribution in [3.8, 4) is 0 Å². The summed E-state index contributed by atoms with van der Waals surface area (Å²) in [5.74, 6) is -0.223. The van der Waals surface area contributed by atoms with Gasteiger partial charge in [0.25, 0.3) is 11.5 Å². The molecule has 7 heteroatoms. The third-order valence-electron chi connectivity index (χ3n) is 5.63. The predicted molar refractivity (Wildman–Crippen MR) is 114 cm³/mol. The maximum atomic E-state index is 12.9. The lowest BCUT2D eigenvalue weighted by atomic mass is 10.0. The topological polar surface area (TPSA) is 87.3 Å². The molecule has 0 spiro atoms. The Balaban J connectivity index is 1.79. The largest absolute Gasteiger partial charge is 0.381 e. The molecule has 156 valence electrons. The minimum Gasteiger partial charge on any atom is -0.381 e. The number of amides is 1. The fourth-order valence-corrected chi connectivity index (χ4v) is 4.02. The Labute approximate surface area is 171 Å². The maximum Gasteiger partial charge on any atom is 0.253 e. The summed E-state index contributed by atoms with van der Waals surface area (Å²) >= 11 is 0. The first kappa shape index (κ1) is 21.0. The average molecular weight is 399 g/mol. The molecule has 1 saturated heterocycles. The zero-order valence-electron chi connectivity index (χ0n) is 17.7. The van der Waals surface area contributed by atoms with Crippen LogP contribution in [0.15, 0.2) is 23.3 Å². The summed E-state index contributed by atoms with van der Waals surface area (Å²) in [6.45, 7) is 10.3. The molecule has 3 heterocycles. The number of carbonyl (C=O) groups excluding carboxylic acids is 1. The lowest BCUT2D eigenvalue weighted by Crippen LogP contribution is -2.40. The number of H-pyrrole nitrogens is 1. The highest BCUT2D eigenvalue weighted by Crippen LogP contribution is 2.27. The van der Waals surface area contributed by atoms with E-state index in [1.807, 2.05) is 33.0 Å². The van der Waals surface area contributed by atoms with Gasteiger partial charge in [-0.2, -0.15) is 0 Å². The average Bonchev–Trinajstić information content (AvgIpc) is 2.69. The molecule has 0 bridgehead atoms. The third kappa shape index (κ3) is 4.67. The first-order valence-electron chi connectivity index (χ1n) is 10.2. The fourth-order valence-electron chi connectivity index (χ4n) is 4.02. The molecule has 1 aliphatic heterocycles. The standard InChI is InChI=1S/C22H30N4O3/c1-5-26(17-6-8-29-9-7-17)20-13-23-11-19(16(20)4)21(27)24-12-18-14(2)10-15(3)25-22(18)28/h10-11,13,17H,5-9,12H2,1-4H3,(H,24,27)(H,25,28). The van der Waals surface area contributed by atoms with Crippen molar-refractivity contribution < 1.29 is 9.53 Å². The number of hydrogen-bond acceptors (Lipinski definition) is 5. The Morgan fingerprint density at radius 3 is 2.66 bits per heavy atom. The van der Waals surface area contributed by atoms with Crippen LogP contribution in [-0.4, -0.2) is 41.7 Å². The second kappa shape index (κ2) is 9.22. The second-order valence-corrected chi connectivity index (χ2v) is 7.59. The number of pyridine rings is 2. The van der Waals surface area contributed by atoms with Gasteiger partial charge in [0.2, 0.25) is 0 Å². The van der Waals surface area contributed by atoms with Gasteiger partial charge in [-0.1, -0.05) is 0 Å². The minimum atomic E-state index is -0.223. The smallest absolute Gasteiger partial charge is 0.253 e. The van der Waals surface area contributed by atoms with Crippen LogP contribution in [0.2, 0.25) is 0 Å². The molecule has 1 amide bonds. The van der Waals surface area contributed by atoms with Crippen LogP contribution in [-0.2, 0) is 11.3 Å². The molecular formula is C22H30N4O3. The summed E-state index contributed by atoms with van der Waals surface area (Å²) in [5, 5.41) is 2.88. The zero-order valence-corrected chi connectivity index (χ0v) is 17.7. The highest BCUT2D eigenvalue weighted by molar-refractivity contribution is 5.96. The Hall–Kier alpha value is -2.67. The minimum absolute atomic E-state index is 0.164. The van der Waals surface area contributed by atoms with Crippen LogP contribution in [0.4, 0.5) is 5.69 Å². The van der Waals surface area contributed by atoms with E-state index in [9.17, 15) is 9.59 Å². The van der Waals surface area contributed by atoms with E-state index in [0.29, 0.717) is 17.2 Å². The predicted octanol–water partition coefficient (Wildman–Crippen LogP) is 2.63. The first-order valence-corrected chi connectivity index (χ1v) is 10.2. The van der Waals surface area contributed by atoms with E-state index in [1.54, 1.807) is 6.20 Å². The highest BCUT2D eigenvalue weighted by atomic mass is 16.5. The van der Waals surface area contributed by atoms with Gasteiger partial charge in [-0.3, -0.25) is 14.6 Å². The molecular weight excluding hydrogens is 368 g/mol. The van der Waals surface area contributed by atoms with Crippen LogP contribution in [0.3, 0.4) is 0 Å². The van der Waals surface area contributed by atoms with Gasteiger partial charge in [-0.25, -0.2) is 0 Å². The van der Waals surface area contributed by atoms with E-state index >= 15 is 0 Å². The quantitative estimate of drug-likeness (QED) is 0.781. The molecule has 3 rings (SSSR count). The number of aryl methyl sites for hydroxylation is 2. The first-order chi connectivity index (χ1) is 13.9. The van der Waals surface area contributed by atoms with Crippen molar-refractivity contribution >= 4 is 11.6 Å². The van der Waals surface area contributed by atoms with Gasteiger partial charge < -0.3 is 19.9 Å². The molecule has 0 unspecified atom stereocenters. The van der Waals surface area contributed by atoms with Crippen LogP contribution in [0.1, 0.15) is 52.5 Å². The second-order valence-electron chi connectivity index (χ2n) is 7.59. The van der Waals surface area contributed by atoms with Gasteiger partial charge in [0, 0.05) is 49.8 Å². The number of aromatic amines is 1. The molecule has 0 saturated carbocycles. The molecule has 0 atom stereocenters. The van der Waals surface area contributed by atoms with Gasteiger partial charge in [-0.15, -0.1) is 0 Å². The molecule has 2 aromatic heterocycles. The van der Waals surface area contributed by atoms with Crippen molar-refractivity contribution in [1.29, 1.82) is 0 Å². The van der Waals surface area contributed by atoms with E-state index < -0.39 is 0 Å². The molecule has 2 N–H and O–H groups in total. The number of rotatable bonds is 6. The number of nitrogens with zero attached hydrogens (tertiary/aromatic N) is 2. The van der Waals surface area contributed by atoms with Crippen LogP contribution in [0.5, 0.6) is 0 Å². The molecule has 29 heavy (non-hydrogen) atoms. The van der Waals surface area contributed by atoms with E-state index in [1.165, 1.54) is 0 Å². The Kier molecular flexibility index (Phi) is 6.69. The van der Waals surface area contributed by atoms with Crippen molar-refractivity contribution in [3.05, 3.63) is 56.8 Å². The van der Waals surface area contributed by atoms with Crippen molar-refractivity contribution in [2.45, 2.75) is 53.1 Å². The normalized spacial score (nSPS) is 14.6. The molecule has 0 radical (unpaired) electrons. The van der Waals surface area contributed by atoms with Gasteiger partial charge in [0.1, 0.15) is 0 Å². The summed E-state index contributed by atoms with van der Waals surface area (Å²) in [6, 6.07) is 2.30. The SMILES string of the molecule is CCN(c1cncc(C(=O)NCc2c(C)cc(C)[nH]c2=O)c1C)C1CCOCC1. The summed E-state index contributed by atoms with van der Waals surface area (Å²) < 4.78 is 5.49. The third-order valence-corrected chi connectivity index (χ3v) is 5.63. The lowest BCUT2D eigenvalue weighted by Gasteiger charge is -2.36. The summed E-state index contributed by atoms with van der Waals surface area (Å²) in [5.41, 5.74) is 4.51. The number of aromatic nitrogens is 2. The maximum absolute atomic E-state index is 12.9. The molecule has 1 aliphatic rings. The van der Waals surface area contributed by atoms with Crippen LogP contribution in [0, 0.1) is 20.8 Å². The fraction of sp³-hybridized carbons (Fsp3) is 0.500. The Morgan fingerprint density at radius 1 is 1.28 bits per heavy atom. The van der Waals surface area contributed by atoms with Gasteiger partial charge >= 0.3 is 0 Å². The molecule has 2 aromatic rings. The van der Waals surface area contributed by atoms with E-state index in [4.69, 9.17) is 4.74 Å². The summed E-state index contributed by atoms with van der Waals surface area (Å²) in [4.78, 5) is 34.5. The van der Waals surface area contributed by atoms with Gasteiger partial charge in [0.15, 0.2) is 0 Å². The number of ether oxygens (including phenoxy) is 1. The van der Waals surface area contributed by atoms with Gasteiger partial charge in [0.05, 0.1) is 17.4 Å². The van der Waals surface area contributed by atoms with E-state index in [2.05, 4.69) is 27.1 Å². The number of anilines is 1. The van der Waals surface area contributed by atoms with Crippen molar-refractivity contribution in [1.82, 2.24) is 15.3 Å². The van der Waals surface area contributed by atoms with Crippen LogP contribution < -0.4 is 15.8 Å². The molecule has 0 aromatic carbocycles. The highest BCUT2D eigenvalue weighted by Gasteiger charge is 2.24. The van der Waals surface area contributed by atoms with E-state index in [-0.39, 0.29) is 18.0 Å². The van der Waals surface area contributed by atoms with Crippen LogP contribution in [0.25, 0.3) is 0 Å². The lowest BCUT2D eigenvalue weighted by molar-refractivity contribution is 0.0845. The molecule has 1 fully saturated rings. The monoisotopic (exact) mass is 398 g/mol. The number of nitrogens with one attached hydrogen (secondary N) is 2. The molecule has 0 aliphatic carbocycles. The zero-order chi connectivity index (χ0) is 21.0. The Bertz CT molecular complexity index is 932. The van der Waals surface area contributed by atoms with Crippen molar-refractivity contribution in [3.63, 3.8) is 0 Å². The van der Waals surface area contributed by atoms with Crippen LogP contribution >= 0.6 is 0 Å². The molecule has 7 nitrogen and oxygen atoms in total. The van der Waals surface area contributed by atoms with Crippen molar-refractivity contribution in [2.75, 3.05) is 24.7 Å². The van der Waals surface area contributed by atoms with Gasteiger partial charge in [-0.05, 0) is 57.7 Å². The Morgan fingerprint density at radius 2 is 2.00 bits per heavy atom. The number of carbonyl (C=O) groups is 1.